The SMILES string of the molecule is Cc1ccc(C(N)c2ccc3c(c2)OCC(C)CO3)s1. The maximum atomic E-state index is 6.34. The summed E-state index contributed by atoms with van der Waals surface area (Å²) in [4.78, 5) is 2.45. The van der Waals surface area contributed by atoms with Crippen molar-refractivity contribution in [3.8, 4) is 11.5 Å². The predicted octanol–water partition coefficient (Wildman–Crippen LogP) is 3.51. The summed E-state index contributed by atoms with van der Waals surface area (Å²) in [5.74, 6) is 2.02. The van der Waals surface area contributed by atoms with Gasteiger partial charge in [0.1, 0.15) is 0 Å². The van der Waals surface area contributed by atoms with Crippen LogP contribution in [0.2, 0.25) is 0 Å². The van der Waals surface area contributed by atoms with Crippen molar-refractivity contribution in [2.75, 3.05) is 13.2 Å². The van der Waals surface area contributed by atoms with Gasteiger partial charge >= 0.3 is 0 Å². The third-order valence-electron chi connectivity index (χ3n) is 3.44. The third kappa shape index (κ3) is 2.67. The van der Waals surface area contributed by atoms with Gasteiger partial charge in [-0.1, -0.05) is 13.0 Å². The van der Waals surface area contributed by atoms with E-state index in [1.165, 1.54) is 9.75 Å². The molecule has 1 aromatic carbocycles. The lowest BCUT2D eigenvalue weighted by Crippen LogP contribution is -2.12. The van der Waals surface area contributed by atoms with Crippen molar-refractivity contribution < 1.29 is 9.47 Å². The van der Waals surface area contributed by atoms with Crippen LogP contribution in [0.1, 0.15) is 28.3 Å². The summed E-state index contributed by atoms with van der Waals surface area (Å²) in [7, 11) is 0. The highest BCUT2D eigenvalue weighted by Crippen LogP contribution is 2.35. The van der Waals surface area contributed by atoms with Crippen LogP contribution in [-0.4, -0.2) is 13.2 Å². The number of aryl methyl sites for hydroxylation is 1. The Kier molecular flexibility index (Phi) is 3.68. The van der Waals surface area contributed by atoms with Crippen LogP contribution in [0.15, 0.2) is 30.3 Å². The van der Waals surface area contributed by atoms with Gasteiger partial charge in [-0.3, -0.25) is 0 Å². The van der Waals surface area contributed by atoms with Crippen molar-refractivity contribution in [2.45, 2.75) is 19.9 Å². The molecule has 2 atom stereocenters. The molecular weight excluding hydrogens is 270 g/mol. The highest BCUT2D eigenvalue weighted by Gasteiger charge is 2.18. The van der Waals surface area contributed by atoms with Gasteiger partial charge in [0.2, 0.25) is 0 Å². The van der Waals surface area contributed by atoms with E-state index >= 15 is 0 Å². The monoisotopic (exact) mass is 289 g/mol. The summed E-state index contributed by atoms with van der Waals surface area (Å²) in [6, 6.07) is 10.1. The number of rotatable bonds is 2. The minimum atomic E-state index is -0.108. The molecule has 2 N–H and O–H groups in total. The fraction of sp³-hybridized carbons (Fsp3) is 0.375. The van der Waals surface area contributed by atoms with Crippen molar-refractivity contribution in [1.29, 1.82) is 0 Å². The van der Waals surface area contributed by atoms with Crippen LogP contribution in [0.4, 0.5) is 0 Å². The highest BCUT2D eigenvalue weighted by atomic mass is 32.1. The lowest BCUT2D eigenvalue weighted by molar-refractivity contribution is 0.228. The van der Waals surface area contributed by atoms with Gasteiger partial charge in [-0.15, -0.1) is 11.3 Å². The molecular formula is C16H19NO2S. The summed E-state index contributed by atoms with van der Waals surface area (Å²) >= 11 is 1.74. The number of thiophene rings is 1. The molecule has 0 radical (unpaired) electrons. The molecule has 3 nitrogen and oxygen atoms in total. The Labute approximate surface area is 123 Å². The molecule has 0 saturated carbocycles. The Morgan fingerprint density at radius 1 is 1.15 bits per heavy atom. The van der Waals surface area contributed by atoms with Crippen molar-refractivity contribution in [2.24, 2.45) is 11.7 Å². The minimum absolute atomic E-state index is 0.108. The molecule has 3 rings (SSSR count). The van der Waals surface area contributed by atoms with Gasteiger partial charge in [0.15, 0.2) is 11.5 Å². The average molecular weight is 289 g/mol. The number of benzene rings is 1. The van der Waals surface area contributed by atoms with Gasteiger partial charge in [0.25, 0.3) is 0 Å². The first-order chi connectivity index (χ1) is 9.63. The number of fused-ring (bicyclic) bond motifs is 1. The number of hydrogen-bond acceptors (Lipinski definition) is 4. The largest absolute Gasteiger partial charge is 0.489 e. The topological polar surface area (TPSA) is 44.5 Å². The number of ether oxygens (including phenoxy) is 2. The second kappa shape index (κ2) is 5.46. The quantitative estimate of drug-likeness (QED) is 0.920. The van der Waals surface area contributed by atoms with Crippen LogP contribution < -0.4 is 15.2 Å². The Balaban J connectivity index is 1.88. The van der Waals surface area contributed by atoms with Crippen molar-refractivity contribution in [3.05, 3.63) is 45.6 Å². The summed E-state index contributed by atoms with van der Waals surface area (Å²) < 4.78 is 11.6. The van der Waals surface area contributed by atoms with Crippen LogP contribution in [0, 0.1) is 12.8 Å². The van der Waals surface area contributed by atoms with Crippen LogP contribution in [0.25, 0.3) is 0 Å². The molecule has 2 heterocycles. The molecule has 2 unspecified atom stereocenters. The summed E-state index contributed by atoms with van der Waals surface area (Å²) in [6.07, 6.45) is 0. The van der Waals surface area contributed by atoms with E-state index in [1.807, 2.05) is 18.2 Å². The number of hydrogen-bond donors (Lipinski definition) is 1. The van der Waals surface area contributed by atoms with E-state index < -0.39 is 0 Å². The summed E-state index contributed by atoms with van der Waals surface area (Å²) in [5, 5.41) is 0. The van der Waals surface area contributed by atoms with Crippen molar-refractivity contribution >= 4 is 11.3 Å². The van der Waals surface area contributed by atoms with E-state index in [0.29, 0.717) is 19.1 Å². The summed E-state index contributed by atoms with van der Waals surface area (Å²) in [5.41, 5.74) is 7.40. The third-order valence-corrected chi connectivity index (χ3v) is 4.53. The molecule has 1 aliphatic heterocycles. The summed E-state index contributed by atoms with van der Waals surface area (Å²) in [6.45, 7) is 5.59. The highest BCUT2D eigenvalue weighted by molar-refractivity contribution is 7.12. The molecule has 106 valence electrons. The normalized spacial score (nSPS) is 19.4. The molecule has 1 aliphatic rings. The van der Waals surface area contributed by atoms with Gasteiger partial charge in [0.05, 0.1) is 19.3 Å². The van der Waals surface area contributed by atoms with Crippen LogP contribution in [-0.2, 0) is 0 Å². The maximum Gasteiger partial charge on any atom is 0.161 e. The lowest BCUT2D eigenvalue weighted by Gasteiger charge is -2.13. The zero-order chi connectivity index (χ0) is 14.1. The molecule has 20 heavy (non-hydrogen) atoms. The Morgan fingerprint density at radius 3 is 2.60 bits per heavy atom. The van der Waals surface area contributed by atoms with E-state index in [-0.39, 0.29) is 6.04 Å². The zero-order valence-corrected chi connectivity index (χ0v) is 12.6. The van der Waals surface area contributed by atoms with Crippen LogP contribution >= 0.6 is 11.3 Å². The van der Waals surface area contributed by atoms with E-state index in [9.17, 15) is 0 Å². The zero-order valence-electron chi connectivity index (χ0n) is 11.8. The molecule has 0 fully saturated rings. The first kappa shape index (κ1) is 13.5. The van der Waals surface area contributed by atoms with E-state index in [2.05, 4.69) is 26.0 Å². The van der Waals surface area contributed by atoms with Crippen molar-refractivity contribution in [1.82, 2.24) is 0 Å². The Morgan fingerprint density at radius 2 is 1.90 bits per heavy atom. The van der Waals surface area contributed by atoms with E-state index in [1.54, 1.807) is 11.3 Å². The van der Waals surface area contributed by atoms with Gasteiger partial charge in [-0.05, 0) is 36.8 Å². The molecule has 0 amide bonds. The first-order valence-corrected chi connectivity index (χ1v) is 7.66. The van der Waals surface area contributed by atoms with Crippen LogP contribution in [0.3, 0.4) is 0 Å². The fourth-order valence-corrected chi connectivity index (χ4v) is 3.15. The first-order valence-electron chi connectivity index (χ1n) is 6.85. The van der Waals surface area contributed by atoms with Crippen LogP contribution in [0.5, 0.6) is 11.5 Å². The molecule has 2 aromatic rings. The Bertz CT molecular complexity index is 608. The second-order valence-electron chi connectivity index (χ2n) is 5.36. The van der Waals surface area contributed by atoms with Crippen molar-refractivity contribution in [3.63, 3.8) is 0 Å². The molecule has 4 heteroatoms. The van der Waals surface area contributed by atoms with Gasteiger partial charge < -0.3 is 15.2 Å². The Hall–Kier alpha value is -1.52. The smallest absolute Gasteiger partial charge is 0.161 e. The fourth-order valence-electron chi connectivity index (χ4n) is 2.25. The van der Waals surface area contributed by atoms with E-state index in [4.69, 9.17) is 15.2 Å². The minimum Gasteiger partial charge on any atom is -0.489 e. The molecule has 1 aromatic heterocycles. The van der Waals surface area contributed by atoms with Gasteiger partial charge in [-0.2, -0.15) is 0 Å². The molecule has 0 saturated heterocycles. The molecule has 0 spiro atoms. The van der Waals surface area contributed by atoms with Gasteiger partial charge in [-0.25, -0.2) is 0 Å². The van der Waals surface area contributed by atoms with Gasteiger partial charge in [0, 0.05) is 15.7 Å². The lowest BCUT2D eigenvalue weighted by atomic mass is 10.1. The molecule has 0 aliphatic carbocycles. The predicted molar refractivity (Wildman–Crippen MR) is 81.7 cm³/mol. The second-order valence-corrected chi connectivity index (χ2v) is 6.68. The number of nitrogens with two attached hydrogens (primary N) is 1. The average Bonchev–Trinajstić information content (AvgIpc) is 2.80. The standard InChI is InChI=1S/C16H19NO2S/c1-10-8-18-13-5-4-12(7-14(13)19-9-10)16(17)15-6-3-11(2)20-15/h3-7,10,16H,8-9,17H2,1-2H3. The van der Waals surface area contributed by atoms with E-state index in [0.717, 1.165) is 17.1 Å². The maximum absolute atomic E-state index is 6.34. The molecule has 0 bridgehead atoms.